The van der Waals surface area contributed by atoms with E-state index in [2.05, 4.69) is 29.6 Å². The molecule has 4 heteroatoms. The number of urea groups is 1. The molecule has 0 saturated carbocycles. The maximum Gasteiger partial charge on any atom is 0.321 e. The van der Waals surface area contributed by atoms with Gasteiger partial charge in [0.1, 0.15) is 0 Å². The van der Waals surface area contributed by atoms with E-state index in [1.807, 2.05) is 35.2 Å². The Morgan fingerprint density at radius 2 is 1.87 bits per heavy atom. The van der Waals surface area contributed by atoms with Crippen molar-refractivity contribution in [2.45, 2.75) is 25.4 Å². The van der Waals surface area contributed by atoms with Crippen molar-refractivity contribution < 1.29 is 9.90 Å². The predicted octanol–water partition coefficient (Wildman–Crippen LogP) is 3.59. The molecule has 0 aromatic heterocycles. The van der Waals surface area contributed by atoms with Gasteiger partial charge in [0.05, 0.1) is 6.61 Å². The zero-order chi connectivity index (χ0) is 16.1. The minimum Gasteiger partial charge on any atom is -0.392 e. The van der Waals surface area contributed by atoms with Crippen LogP contribution < -0.4 is 5.32 Å². The summed E-state index contributed by atoms with van der Waals surface area (Å²) in [5.41, 5.74) is 2.90. The number of anilines is 1. The van der Waals surface area contributed by atoms with Crippen LogP contribution in [0, 0.1) is 0 Å². The number of benzene rings is 2. The minimum absolute atomic E-state index is 0.0130. The fourth-order valence-electron chi connectivity index (χ4n) is 3.05. The lowest BCUT2D eigenvalue weighted by Crippen LogP contribution is -2.41. The van der Waals surface area contributed by atoms with Crippen LogP contribution in [0.1, 0.15) is 29.9 Å². The number of carbonyl (C=O) groups excluding carboxylic acids is 1. The second-order valence-corrected chi connectivity index (χ2v) is 5.98. The molecule has 120 valence electrons. The van der Waals surface area contributed by atoms with Crippen LogP contribution in [-0.4, -0.2) is 29.1 Å². The van der Waals surface area contributed by atoms with Crippen molar-refractivity contribution in [2.75, 3.05) is 18.4 Å². The van der Waals surface area contributed by atoms with Gasteiger partial charge in [-0.3, -0.25) is 0 Å². The molecule has 0 spiro atoms. The van der Waals surface area contributed by atoms with E-state index in [1.165, 1.54) is 5.56 Å². The third-order valence-corrected chi connectivity index (χ3v) is 4.37. The molecule has 1 aliphatic heterocycles. The van der Waals surface area contributed by atoms with Crippen LogP contribution in [-0.2, 0) is 6.61 Å². The zero-order valence-corrected chi connectivity index (χ0v) is 13.1. The molecular formula is C19H22N2O2. The number of hydrogen-bond acceptors (Lipinski definition) is 2. The van der Waals surface area contributed by atoms with E-state index in [-0.39, 0.29) is 12.6 Å². The molecule has 1 atom stereocenters. The van der Waals surface area contributed by atoms with Crippen LogP contribution in [0.25, 0.3) is 0 Å². The number of aliphatic hydroxyl groups is 1. The average molecular weight is 310 g/mol. The lowest BCUT2D eigenvalue weighted by molar-refractivity contribution is 0.193. The summed E-state index contributed by atoms with van der Waals surface area (Å²) >= 11 is 0. The van der Waals surface area contributed by atoms with Gasteiger partial charge < -0.3 is 15.3 Å². The van der Waals surface area contributed by atoms with E-state index in [0.29, 0.717) is 5.92 Å². The molecule has 1 unspecified atom stereocenters. The Hall–Kier alpha value is -2.33. The smallest absolute Gasteiger partial charge is 0.321 e. The number of amides is 2. The maximum atomic E-state index is 12.5. The first-order valence-corrected chi connectivity index (χ1v) is 8.07. The zero-order valence-electron chi connectivity index (χ0n) is 13.1. The molecule has 1 heterocycles. The summed E-state index contributed by atoms with van der Waals surface area (Å²) in [5, 5.41) is 12.0. The molecule has 2 aromatic rings. The first-order chi connectivity index (χ1) is 11.3. The number of rotatable bonds is 3. The molecule has 0 aliphatic carbocycles. The third-order valence-electron chi connectivity index (χ3n) is 4.37. The van der Waals surface area contributed by atoms with Crippen LogP contribution in [0.2, 0.25) is 0 Å². The van der Waals surface area contributed by atoms with Gasteiger partial charge in [0, 0.05) is 24.7 Å². The number of nitrogens with zero attached hydrogens (tertiary/aromatic N) is 1. The maximum absolute atomic E-state index is 12.5. The van der Waals surface area contributed by atoms with Gasteiger partial charge in [-0.1, -0.05) is 42.5 Å². The van der Waals surface area contributed by atoms with Crippen molar-refractivity contribution in [3.8, 4) is 0 Å². The van der Waals surface area contributed by atoms with Crippen molar-refractivity contribution in [1.29, 1.82) is 0 Å². The van der Waals surface area contributed by atoms with Crippen LogP contribution in [0.3, 0.4) is 0 Å². The van der Waals surface area contributed by atoms with Gasteiger partial charge in [-0.05, 0) is 36.1 Å². The quantitative estimate of drug-likeness (QED) is 0.910. The van der Waals surface area contributed by atoms with Crippen LogP contribution in [0.5, 0.6) is 0 Å². The Balaban J connectivity index is 1.62. The molecule has 2 aromatic carbocycles. The van der Waals surface area contributed by atoms with Gasteiger partial charge in [0.2, 0.25) is 0 Å². The highest BCUT2D eigenvalue weighted by atomic mass is 16.3. The second-order valence-electron chi connectivity index (χ2n) is 5.98. The Morgan fingerprint density at radius 3 is 2.57 bits per heavy atom. The molecular weight excluding hydrogens is 288 g/mol. The first kappa shape index (κ1) is 15.6. The van der Waals surface area contributed by atoms with E-state index in [0.717, 1.165) is 37.2 Å². The summed E-state index contributed by atoms with van der Waals surface area (Å²) in [7, 11) is 0. The van der Waals surface area contributed by atoms with E-state index in [4.69, 9.17) is 5.11 Å². The number of piperidine rings is 1. The van der Waals surface area contributed by atoms with Gasteiger partial charge >= 0.3 is 6.03 Å². The summed E-state index contributed by atoms with van der Waals surface area (Å²) in [5.74, 6) is 0.410. The third kappa shape index (κ3) is 3.90. The van der Waals surface area contributed by atoms with Crippen LogP contribution in [0.15, 0.2) is 54.6 Å². The standard InChI is InChI=1S/C19H22N2O2/c22-14-15-8-10-18(11-9-15)20-19(23)21-12-4-7-17(13-21)16-5-2-1-3-6-16/h1-3,5-6,8-11,17,22H,4,7,12-14H2,(H,20,23). The van der Waals surface area contributed by atoms with Gasteiger partial charge in [-0.15, -0.1) is 0 Å². The van der Waals surface area contributed by atoms with E-state index < -0.39 is 0 Å². The largest absolute Gasteiger partial charge is 0.392 e. The van der Waals surface area contributed by atoms with Crippen LogP contribution in [0.4, 0.5) is 10.5 Å². The molecule has 23 heavy (non-hydrogen) atoms. The van der Waals surface area contributed by atoms with Gasteiger partial charge in [-0.2, -0.15) is 0 Å². The molecule has 2 N–H and O–H groups in total. The Morgan fingerprint density at radius 1 is 1.13 bits per heavy atom. The Labute approximate surface area is 136 Å². The lowest BCUT2D eigenvalue weighted by atomic mass is 9.91. The number of nitrogens with one attached hydrogen (secondary N) is 1. The number of hydrogen-bond donors (Lipinski definition) is 2. The van der Waals surface area contributed by atoms with Crippen LogP contribution >= 0.6 is 0 Å². The molecule has 4 nitrogen and oxygen atoms in total. The van der Waals surface area contributed by atoms with Gasteiger partial charge in [0.15, 0.2) is 0 Å². The lowest BCUT2D eigenvalue weighted by Gasteiger charge is -2.33. The molecule has 0 bridgehead atoms. The summed E-state index contributed by atoms with van der Waals surface area (Å²) in [4.78, 5) is 14.4. The van der Waals surface area contributed by atoms with E-state index >= 15 is 0 Å². The highest BCUT2D eigenvalue weighted by molar-refractivity contribution is 5.89. The Bertz CT molecular complexity index is 640. The highest BCUT2D eigenvalue weighted by Crippen LogP contribution is 2.27. The SMILES string of the molecule is O=C(Nc1ccc(CO)cc1)N1CCCC(c2ccccc2)C1. The topological polar surface area (TPSA) is 52.6 Å². The summed E-state index contributed by atoms with van der Waals surface area (Å²) in [6.45, 7) is 1.56. The van der Waals surface area contributed by atoms with Crippen molar-refractivity contribution in [2.24, 2.45) is 0 Å². The monoisotopic (exact) mass is 310 g/mol. The summed E-state index contributed by atoms with van der Waals surface area (Å²) in [6.07, 6.45) is 2.15. The fourth-order valence-corrected chi connectivity index (χ4v) is 3.05. The van der Waals surface area contributed by atoms with E-state index in [9.17, 15) is 4.79 Å². The molecule has 2 amide bonds. The predicted molar refractivity (Wildman–Crippen MR) is 91.4 cm³/mol. The number of carbonyl (C=O) groups is 1. The summed E-state index contributed by atoms with van der Waals surface area (Å²) < 4.78 is 0. The highest BCUT2D eigenvalue weighted by Gasteiger charge is 2.24. The fraction of sp³-hybridized carbons (Fsp3) is 0.316. The van der Waals surface area contributed by atoms with Gasteiger partial charge in [0.25, 0.3) is 0 Å². The average Bonchev–Trinajstić information content (AvgIpc) is 2.63. The van der Waals surface area contributed by atoms with E-state index in [1.54, 1.807) is 0 Å². The molecule has 1 aliphatic rings. The Kier molecular flexibility index (Phi) is 4.93. The molecule has 1 fully saturated rings. The van der Waals surface area contributed by atoms with Gasteiger partial charge in [-0.25, -0.2) is 4.79 Å². The minimum atomic E-state index is -0.0534. The normalized spacial score (nSPS) is 17.8. The molecule has 0 radical (unpaired) electrons. The molecule has 1 saturated heterocycles. The van der Waals surface area contributed by atoms with Crippen molar-refractivity contribution in [1.82, 2.24) is 4.90 Å². The van der Waals surface area contributed by atoms with Crippen molar-refractivity contribution in [3.05, 3.63) is 65.7 Å². The summed E-state index contributed by atoms with van der Waals surface area (Å²) in [6, 6.07) is 17.6. The number of likely N-dealkylation sites (tertiary alicyclic amines) is 1. The van der Waals surface area contributed by atoms with Crippen molar-refractivity contribution >= 4 is 11.7 Å². The van der Waals surface area contributed by atoms with Crippen molar-refractivity contribution in [3.63, 3.8) is 0 Å². The first-order valence-electron chi connectivity index (χ1n) is 8.07. The molecule has 3 rings (SSSR count). The second kappa shape index (κ2) is 7.29. The number of aliphatic hydroxyl groups excluding tert-OH is 1.